The zero-order chi connectivity index (χ0) is 13.9. The molecule has 1 unspecified atom stereocenters. The number of para-hydroxylation sites is 1. The van der Waals surface area contributed by atoms with Crippen molar-refractivity contribution in [2.75, 3.05) is 11.9 Å². The highest BCUT2D eigenvalue weighted by molar-refractivity contribution is 5.80. The number of anilines is 1. The Kier molecular flexibility index (Phi) is 4.05. The van der Waals surface area contributed by atoms with Gasteiger partial charge in [-0.2, -0.15) is 0 Å². The van der Waals surface area contributed by atoms with E-state index in [-0.39, 0.29) is 18.1 Å². The summed E-state index contributed by atoms with van der Waals surface area (Å²) in [5.74, 6) is 0.868. The maximum Gasteiger partial charge on any atom is 0.126 e. The smallest absolute Gasteiger partial charge is 0.126 e. The highest BCUT2D eigenvalue weighted by Gasteiger charge is 2.24. The summed E-state index contributed by atoms with van der Waals surface area (Å²) in [6.07, 6.45) is 0.720. The molecule has 1 heterocycles. The summed E-state index contributed by atoms with van der Waals surface area (Å²) >= 11 is 0. The standard InChI is InChI=1S/C16H22N2O/c1-16(2,3)14(10-11-19)18-15-9-8-12-6-4-5-7-13(12)17-15/h4-9,14,19H,10-11H2,1-3H3,(H,17,18). The lowest BCUT2D eigenvalue weighted by Crippen LogP contribution is -2.35. The van der Waals surface area contributed by atoms with Crippen LogP contribution in [0, 0.1) is 5.41 Å². The molecule has 1 aromatic heterocycles. The minimum absolute atomic E-state index is 0.0794. The molecule has 102 valence electrons. The van der Waals surface area contributed by atoms with Crippen molar-refractivity contribution in [3.05, 3.63) is 36.4 Å². The Morgan fingerprint density at radius 3 is 2.58 bits per heavy atom. The van der Waals surface area contributed by atoms with Gasteiger partial charge < -0.3 is 10.4 Å². The van der Waals surface area contributed by atoms with Crippen LogP contribution in [-0.4, -0.2) is 22.7 Å². The van der Waals surface area contributed by atoms with E-state index in [2.05, 4.69) is 43.2 Å². The number of aliphatic hydroxyl groups is 1. The molecule has 3 nitrogen and oxygen atoms in total. The van der Waals surface area contributed by atoms with Crippen molar-refractivity contribution in [2.45, 2.75) is 33.2 Å². The van der Waals surface area contributed by atoms with Crippen LogP contribution in [0.4, 0.5) is 5.82 Å². The van der Waals surface area contributed by atoms with E-state index in [1.807, 2.05) is 24.3 Å². The van der Waals surface area contributed by atoms with Crippen molar-refractivity contribution < 1.29 is 5.11 Å². The van der Waals surface area contributed by atoms with Gasteiger partial charge in [0.2, 0.25) is 0 Å². The summed E-state index contributed by atoms with van der Waals surface area (Å²) in [5, 5.41) is 13.8. The maximum atomic E-state index is 9.19. The van der Waals surface area contributed by atoms with Gasteiger partial charge in [0.15, 0.2) is 0 Å². The van der Waals surface area contributed by atoms with Crippen LogP contribution < -0.4 is 5.32 Å². The van der Waals surface area contributed by atoms with Gasteiger partial charge in [-0.1, -0.05) is 39.0 Å². The average molecular weight is 258 g/mol. The number of benzene rings is 1. The highest BCUT2D eigenvalue weighted by atomic mass is 16.3. The number of rotatable bonds is 4. The van der Waals surface area contributed by atoms with E-state index in [4.69, 9.17) is 0 Å². The molecule has 0 bridgehead atoms. The van der Waals surface area contributed by atoms with E-state index in [9.17, 15) is 5.11 Å². The summed E-state index contributed by atoms with van der Waals surface area (Å²) in [4.78, 5) is 4.62. The third-order valence-corrected chi connectivity index (χ3v) is 3.38. The molecule has 2 aromatic rings. The maximum absolute atomic E-state index is 9.19. The molecule has 1 atom stereocenters. The van der Waals surface area contributed by atoms with E-state index in [0.717, 1.165) is 23.1 Å². The molecule has 0 fully saturated rings. The van der Waals surface area contributed by atoms with Crippen molar-refractivity contribution in [1.29, 1.82) is 0 Å². The molecule has 3 heteroatoms. The van der Waals surface area contributed by atoms with E-state index < -0.39 is 0 Å². The van der Waals surface area contributed by atoms with E-state index in [1.165, 1.54) is 0 Å². The number of hydrogen-bond donors (Lipinski definition) is 2. The number of nitrogens with zero attached hydrogens (tertiary/aromatic N) is 1. The fourth-order valence-corrected chi connectivity index (χ4v) is 2.18. The molecule has 0 amide bonds. The van der Waals surface area contributed by atoms with Crippen molar-refractivity contribution in [3.63, 3.8) is 0 Å². The first-order valence-corrected chi connectivity index (χ1v) is 6.74. The Hall–Kier alpha value is -1.61. The summed E-state index contributed by atoms with van der Waals surface area (Å²) in [7, 11) is 0. The van der Waals surface area contributed by atoms with Gasteiger partial charge in [0.1, 0.15) is 5.82 Å². The van der Waals surface area contributed by atoms with Gasteiger partial charge in [-0.15, -0.1) is 0 Å². The Balaban J connectivity index is 2.23. The average Bonchev–Trinajstić information content (AvgIpc) is 2.37. The van der Waals surface area contributed by atoms with E-state index in [1.54, 1.807) is 0 Å². The summed E-state index contributed by atoms with van der Waals surface area (Å²) in [6, 6.07) is 12.3. The fraction of sp³-hybridized carbons (Fsp3) is 0.438. The lowest BCUT2D eigenvalue weighted by atomic mass is 9.85. The van der Waals surface area contributed by atoms with Crippen LogP contribution in [0.5, 0.6) is 0 Å². The quantitative estimate of drug-likeness (QED) is 0.883. The van der Waals surface area contributed by atoms with E-state index in [0.29, 0.717) is 0 Å². The zero-order valence-electron chi connectivity index (χ0n) is 11.9. The zero-order valence-corrected chi connectivity index (χ0v) is 11.9. The predicted octanol–water partition coefficient (Wildman–Crippen LogP) is 3.44. The monoisotopic (exact) mass is 258 g/mol. The number of aromatic nitrogens is 1. The first-order chi connectivity index (χ1) is 9.00. The molecule has 0 aliphatic rings. The molecular weight excluding hydrogens is 236 g/mol. The van der Waals surface area contributed by atoms with E-state index >= 15 is 0 Å². The Morgan fingerprint density at radius 2 is 1.89 bits per heavy atom. The van der Waals surface area contributed by atoms with Gasteiger partial charge in [0.05, 0.1) is 5.52 Å². The normalized spacial score (nSPS) is 13.5. The molecule has 0 aliphatic heterocycles. The topological polar surface area (TPSA) is 45.1 Å². The van der Waals surface area contributed by atoms with Gasteiger partial charge in [-0.05, 0) is 30.0 Å². The lowest BCUT2D eigenvalue weighted by molar-refractivity contribution is 0.235. The van der Waals surface area contributed by atoms with Crippen molar-refractivity contribution in [2.24, 2.45) is 5.41 Å². The van der Waals surface area contributed by atoms with Crippen LogP contribution >= 0.6 is 0 Å². The minimum atomic E-state index is 0.0794. The molecule has 1 aromatic carbocycles. The summed E-state index contributed by atoms with van der Waals surface area (Å²) < 4.78 is 0. The van der Waals surface area contributed by atoms with Gasteiger partial charge >= 0.3 is 0 Å². The van der Waals surface area contributed by atoms with Gasteiger partial charge in [-0.3, -0.25) is 0 Å². The summed E-state index contributed by atoms with van der Waals surface area (Å²) in [5.41, 5.74) is 1.07. The number of aliphatic hydroxyl groups excluding tert-OH is 1. The number of nitrogens with one attached hydrogen (secondary N) is 1. The molecular formula is C16H22N2O. The molecule has 2 N–H and O–H groups in total. The third kappa shape index (κ3) is 3.44. The first-order valence-electron chi connectivity index (χ1n) is 6.74. The number of pyridine rings is 1. The predicted molar refractivity (Wildman–Crippen MR) is 80.3 cm³/mol. The SMILES string of the molecule is CC(C)(C)C(CCO)Nc1ccc2ccccc2n1. The largest absolute Gasteiger partial charge is 0.396 e. The third-order valence-electron chi connectivity index (χ3n) is 3.38. The Labute approximate surface area is 114 Å². The van der Waals surface area contributed by atoms with Crippen LogP contribution in [0.15, 0.2) is 36.4 Å². The molecule has 0 spiro atoms. The minimum Gasteiger partial charge on any atom is -0.396 e. The van der Waals surface area contributed by atoms with Gasteiger partial charge in [0, 0.05) is 18.0 Å². The Morgan fingerprint density at radius 1 is 1.16 bits per heavy atom. The van der Waals surface area contributed by atoms with Crippen LogP contribution in [0.2, 0.25) is 0 Å². The molecule has 0 radical (unpaired) electrons. The summed E-state index contributed by atoms with van der Waals surface area (Å²) in [6.45, 7) is 6.69. The van der Waals surface area contributed by atoms with Crippen molar-refractivity contribution in [3.8, 4) is 0 Å². The molecule has 0 saturated carbocycles. The molecule has 19 heavy (non-hydrogen) atoms. The molecule has 0 saturated heterocycles. The first kappa shape index (κ1) is 13.8. The van der Waals surface area contributed by atoms with Crippen LogP contribution in [0.3, 0.4) is 0 Å². The van der Waals surface area contributed by atoms with Crippen molar-refractivity contribution in [1.82, 2.24) is 4.98 Å². The van der Waals surface area contributed by atoms with Crippen LogP contribution in [-0.2, 0) is 0 Å². The second kappa shape index (κ2) is 5.57. The number of fused-ring (bicyclic) bond motifs is 1. The second-order valence-corrected chi connectivity index (χ2v) is 5.96. The molecule has 2 rings (SSSR count). The lowest BCUT2D eigenvalue weighted by Gasteiger charge is -2.31. The van der Waals surface area contributed by atoms with Gasteiger partial charge in [-0.25, -0.2) is 4.98 Å². The number of hydrogen-bond acceptors (Lipinski definition) is 3. The van der Waals surface area contributed by atoms with Crippen LogP contribution in [0.1, 0.15) is 27.2 Å². The second-order valence-electron chi connectivity index (χ2n) is 5.96. The van der Waals surface area contributed by atoms with Gasteiger partial charge in [0.25, 0.3) is 0 Å². The van der Waals surface area contributed by atoms with Crippen LogP contribution in [0.25, 0.3) is 10.9 Å². The Bertz CT molecular complexity index is 546. The van der Waals surface area contributed by atoms with Crippen molar-refractivity contribution >= 4 is 16.7 Å². The fourth-order valence-electron chi connectivity index (χ4n) is 2.18. The highest BCUT2D eigenvalue weighted by Crippen LogP contribution is 2.25. The molecule has 0 aliphatic carbocycles.